The summed E-state index contributed by atoms with van der Waals surface area (Å²) in [5.41, 5.74) is 1.34. The van der Waals surface area contributed by atoms with Crippen LogP contribution < -0.4 is 4.74 Å². The third-order valence-corrected chi connectivity index (χ3v) is 4.10. The van der Waals surface area contributed by atoms with Gasteiger partial charge in [0.1, 0.15) is 11.6 Å². The van der Waals surface area contributed by atoms with Gasteiger partial charge < -0.3 is 9.30 Å². The molecule has 1 aromatic carbocycles. The molecular formula is C16H21N3O. The van der Waals surface area contributed by atoms with Crippen LogP contribution in [0.15, 0.2) is 36.7 Å². The Morgan fingerprint density at radius 3 is 3.00 bits per heavy atom. The summed E-state index contributed by atoms with van der Waals surface area (Å²) in [4.78, 5) is 6.94. The molecule has 3 rings (SSSR count). The fraction of sp³-hybridized carbons (Fsp3) is 0.438. The Labute approximate surface area is 120 Å². The van der Waals surface area contributed by atoms with E-state index in [0.717, 1.165) is 31.2 Å². The molecule has 1 saturated heterocycles. The van der Waals surface area contributed by atoms with Crippen LogP contribution >= 0.6 is 0 Å². The maximum absolute atomic E-state index is 5.32. The molecule has 0 bridgehead atoms. The molecule has 1 atom stereocenters. The molecular weight excluding hydrogens is 250 g/mol. The van der Waals surface area contributed by atoms with Crippen molar-refractivity contribution in [2.75, 3.05) is 13.7 Å². The molecule has 1 aromatic heterocycles. The molecule has 1 fully saturated rings. The van der Waals surface area contributed by atoms with Gasteiger partial charge in [0.25, 0.3) is 0 Å². The summed E-state index contributed by atoms with van der Waals surface area (Å²) < 4.78 is 7.53. The van der Waals surface area contributed by atoms with Gasteiger partial charge in [0.05, 0.1) is 13.7 Å². The van der Waals surface area contributed by atoms with E-state index < -0.39 is 0 Å². The lowest BCUT2D eigenvalue weighted by Crippen LogP contribution is -2.40. The van der Waals surface area contributed by atoms with Crippen LogP contribution in [-0.4, -0.2) is 28.1 Å². The molecule has 0 spiro atoms. The maximum atomic E-state index is 5.32. The number of methoxy groups -OCH3 is 1. The minimum absolute atomic E-state index is 0.493. The summed E-state index contributed by atoms with van der Waals surface area (Å²) in [6.07, 6.45) is 5.15. The molecule has 2 heterocycles. The summed E-state index contributed by atoms with van der Waals surface area (Å²) in [6.45, 7) is 5.19. The van der Waals surface area contributed by atoms with Gasteiger partial charge in [0, 0.05) is 31.5 Å². The average molecular weight is 271 g/mol. The fourth-order valence-corrected chi connectivity index (χ4v) is 2.82. The molecule has 0 saturated carbocycles. The van der Waals surface area contributed by atoms with Gasteiger partial charge in [-0.2, -0.15) is 0 Å². The molecule has 4 nitrogen and oxygen atoms in total. The Morgan fingerprint density at radius 2 is 2.30 bits per heavy atom. The van der Waals surface area contributed by atoms with Crippen LogP contribution in [0.4, 0.5) is 0 Å². The van der Waals surface area contributed by atoms with Crippen molar-refractivity contribution in [1.82, 2.24) is 14.5 Å². The molecule has 1 unspecified atom stereocenters. The maximum Gasteiger partial charge on any atom is 0.122 e. The molecule has 0 N–H and O–H groups in total. The number of benzene rings is 1. The second-order valence-electron chi connectivity index (χ2n) is 5.18. The van der Waals surface area contributed by atoms with Gasteiger partial charge in [0.2, 0.25) is 0 Å². The molecule has 106 valence electrons. The van der Waals surface area contributed by atoms with Gasteiger partial charge in [-0.3, -0.25) is 4.90 Å². The van der Waals surface area contributed by atoms with Crippen LogP contribution in [0.2, 0.25) is 0 Å². The molecule has 0 radical (unpaired) electrons. The van der Waals surface area contributed by atoms with Crippen LogP contribution in [0.5, 0.6) is 5.75 Å². The minimum atomic E-state index is 0.493. The third-order valence-electron chi connectivity index (χ3n) is 4.10. The number of ether oxygens (including phenoxy) is 1. The standard InChI is InChI=1S/C16H21N3O/c1-3-18-10-8-17-16(18)12-19-9-7-15(19)13-5-4-6-14(11-13)20-2/h4-6,8,10-11,15H,3,7,9,12H2,1-2H3. The van der Waals surface area contributed by atoms with Crippen molar-refractivity contribution in [3.05, 3.63) is 48.0 Å². The summed E-state index contributed by atoms with van der Waals surface area (Å²) in [6, 6.07) is 8.88. The topological polar surface area (TPSA) is 30.3 Å². The number of aryl methyl sites for hydroxylation is 1. The summed E-state index contributed by atoms with van der Waals surface area (Å²) >= 11 is 0. The Balaban J connectivity index is 1.73. The zero-order chi connectivity index (χ0) is 13.9. The van der Waals surface area contributed by atoms with E-state index >= 15 is 0 Å². The molecule has 0 amide bonds. The van der Waals surface area contributed by atoms with E-state index in [2.05, 4.69) is 45.8 Å². The highest BCUT2D eigenvalue weighted by molar-refractivity contribution is 5.31. The number of imidazole rings is 1. The van der Waals surface area contributed by atoms with E-state index in [0.29, 0.717) is 6.04 Å². The number of aromatic nitrogens is 2. The Bertz CT molecular complexity index is 579. The molecule has 20 heavy (non-hydrogen) atoms. The lowest BCUT2D eigenvalue weighted by atomic mass is 9.94. The first-order valence-electron chi connectivity index (χ1n) is 7.20. The highest BCUT2D eigenvalue weighted by Crippen LogP contribution is 2.35. The van der Waals surface area contributed by atoms with Crippen LogP contribution in [0.25, 0.3) is 0 Å². The average Bonchev–Trinajstić information content (AvgIpc) is 2.91. The van der Waals surface area contributed by atoms with Gasteiger partial charge >= 0.3 is 0 Å². The van der Waals surface area contributed by atoms with Crippen molar-refractivity contribution in [2.24, 2.45) is 0 Å². The number of hydrogen-bond donors (Lipinski definition) is 0. The first-order valence-corrected chi connectivity index (χ1v) is 7.20. The zero-order valence-electron chi connectivity index (χ0n) is 12.1. The number of likely N-dealkylation sites (tertiary alicyclic amines) is 1. The van der Waals surface area contributed by atoms with Gasteiger partial charge in [-0.25, -0.2) is 4.98 Å². The predicted octanol–water partition coefficient (Wildman–Crippen LogP) is 2.86. The fourth-order valence-electron chi connectivity index (χ4n) is 2.82. The SMILES string of the molecule is CCn1ccnc1CN1CCC1c1cccc(OC)c1. The molecule has 4 heteroatoms. The van der Waals surface area contributed by atoms with Crippen LogP contribution in [0.1, 0.15) is 30.8 Å². The van der Waals surface area contributed by atoms with Crippen LogP contribution in [-0.2, 0) is 13.1 Å². The van der Waals surface area contributed by atoms with E-state index in [1.807, 2.05) is 12.3 Å². The molecule has 1 aliphatic rings. The second-order valence-corrected chi connectivity index (χ2v) is 5.18. The summed E-state index contributed by atoms with van der Waals surface area (Å²) in [5, 5.41) is 0. The lowest BCUT2D eigenvalue weighted by Gasteiger charge is -2.41. The smallest absolute Gasteiger partial charge is 0.122 e. The monoisotopic (exact) mass is 271 g/mol. The second kappa shape index (κ2) is 5.67. The number of hydrogen-bond acceptors (Lipinski definition) is 3. The lowest BCUT2D eigenvalue weighted by molar-refractivity contribution is 0.0773. The van der Waals surface area contributed by atoms with E-state index in [-0.39, 0.29) is 0 Å². The highest BCUT2D eigenvalue weighted by atomic mass is 16.5. The number of nitrogens with zero attached hydrogens (tertiary/aromatic N) is 3. The van der Waals surface area contributed by atoms with Crippen molar-refractivity contribution in [3.8, 4) is 5.75 Å². The van der Waals surface area contributed by atoms with Gasteiger partial charge in [-0.05, 0) is 31.0 Å². The first kappa shape index (κ1) is 13.2. The first-order chi connectivity index (χ1) is 9.81. The van der Waals surface area contributed by atoms with E-state index in [1.165, 1.54) is 12.0 Å². The Hall–Kier alpha value is -1.81. The molecule has 1 aliphatic heterocycles. The summed E-state index contributed by atoms with van der Waals surface area (Å²) in [7, 11) is 1.72. The third kappa shape index (κ3) is 2.43. The van der Waals surface area contributed by atoms with Crippen molar-refractivity contribution in [2.45, 2.75) is 32.5 Å². The van der Waals surface area contributed by atoms with Crippen LogP contribution in [0.3, 0.4) is 0 Å². The molecule has 0 aliphatic carbocycles. The van der Waals surface area contributed by atoms with Crippen molar-refractivity contribution in [3.63, 3.8) is 0 Å². The zero-order valence-corrected chi connectivity index (χ0v) is 12.1. The van der Waals surface area contributed by atoms with E-state index in [9.17, 15) is 0 Å². The summed E-state index contributed by atoms with van der Waals surface area (Å²) in [5.74, 6) is 2.09. The largest absolute Gasteiger partial charge is 0.497 e. The van der Waals surface area contributed by atoms with Crippen molar-refractivity contribution in [1.29, 1.82) is 0 Å². The van der Waals surface area contributed by atoms with Crippen molar-refractivity contribution >= 4 is 0 Å². The number of rotatable bonds is 5. The Morgan fingerprint density at radius 1 is 1.40 bits per heavy atom. The van der Waals surface area contributed by atoms with Crippen LogP contribution in [0, 0.1) is 0 Å². The van der Waals surface area contributed by atoms with E-state index in [1.54, 1.807) is 7.11 Å². The van der Waals surface area contributed by atoms with Gasteiger partial charge in [-0.1, -0.05) is 12.1 Å². The highest BCUT2D eigenvalue weighted by Gasteiger charge is 2.30. The Kier molecular flexibility index (Phi) is 3.74. The molecule has 2 aromatic rings. The predicted molar refractivity (Wildman–Crippen MR) is 78.7 cm³/mol. The van der Waals surface area contributed by atoms with E-state index in [4.69, 9.17) is 4.74 Å². The quantitative estimate of drug-likeness (QED) is 0.837. The van der Waals surface area contributed by atoms with Crippen molar-refractivity contribution < 1.29 is 4.74 Å². The minimum Gasteiger partial charge on any atom is -0.497 e. The normalized spacial score (nSPS) is 18.8. The van der Waals surface area contributed by atoms with Gasteiger partial charge in [0.15, 0.2) is 0 Å². The van der Waals surface area contributed by atoms with Gasteiger partial charge in [-0.15, -0.1) is 0 Å².